The van der Waals surface area contributed by atoms with Gasteiger partial charge < -0.3 is 9.88 Å². The Morgan fingerprint density at radius 3 is 2.85 bits per heavy atom. The van der Waals surface area contributed by atoms with Crippen LogP contribution in [0, 0.1) is 6.92 Å². The number of nitrogens with one attached hydrogen (secondary N) is 1. The lowest BCUT2D eigenvalue weighted by Gasteiger charge is -2.17. The van der Waals surface area contributed by atoms with Gasteiger partial charge in [0.2, 0.25) is 0 Å². The first-order chi connectivity index (χ1) is 9.47. The molecule has 2 aromatic rings. The summed E-state index contributed by atoms with van der Waals surface area (Å²) in [7, 11) is 0. The third-order valence-electron chi connectivity index (χ3n) is 3.59. The number of benzene rings is 1. The Balaban J connectivity index is 2.09. The summed E-state index contributed by atoms with van der Waals surface area (Å²) < 4.78 is 40.7. The molecule has 1 aromatic carbocycles. The van der Waals surface area contributed by atoms with Crippen molar-refractivity contribution in [1.82, 2.24) is 14.9 Å². The van der Waals surface area contributed by atoms with Crippen molar-refractivity contribution in [2.75, 3.05) is 6.54 Å². The van der Waals surface area contributed by atoms with Crippen molar-refractivity contribution in [2.45, 2.75) is 26.1 Å². The van der Waals surface area contributed by atoms with E-state index in [2.05, 4.69) is 10.3 Å². The highest BCUT2D eigenvalue weighted by Crippen LogP contribution is 2.33. The summed E-state index contributed by atoms with van der Waals surface area (Å²) in [6, 6.07) is 4.40. The van der Waals surface area contributed by atoms with Crippen molar-refractivity contribution in [3.8, 4) is 5.69 Å². The second-order valence-corrected chi connectivity index (χ2v) is 4.93. The zero-order chi connectivity index (χ0) is 14.3. The van der Waals surface area contributed by atoms with Crippen LogP contribution in [-0.2, 0) is 19.1 Å². The van der Waals surface area contributed by atoms with Crippen LogP contribution in [0.4, 0.5) is 13.2 Å². The van der Waals surface area contributed by atoms with Gasteiger partial charge in [-0.3, -0.25) is 0 Å². The molecule has 1 aromatic heterocycles. The van der Waals surface area contributed by atoms with Gasteiger partial charge >= 0.3 is 6.18 Å². The average molecular weight is 281 g/mol. The normalized spacial score (nSPS) is 15.2. The Hall–Kier alpha value is -1.82. The van der Waals surface area contributed by atoms with E-state index in [1.54, 1.807) is 17.0 Å². The van der Waals surface area contributed by atoms with E-state index >= 15 is 0 Å². The van der Waals surface area contributed by atoms with Crippen LogP contribution >= 0.6 is 0 Å². The number of fused-ring (bicyclic) bond motifs is 1. The largest absolute Gasteiger partial charge is 0.416 e. The molecular formula is C14H14F3N3. The molecule has 0 unspecified atom stereocenters. The molecule has 0 spiro atoms. The molecule has 106 valence electrons. The number of alkyl halides is 3. The molecule has 0 atom stereocenters. The van der Waals surface area contributed by atoms with Gasteiger partial charge in [-0.1, -0.05) is 6.07 Å². The van der Waals surface area contributed by atoms with Gasteiger partial charge in [-0.15, -0.1) is 0 Å². The fourth-order valence-corrected chi connectivity index (χ4v) is 2.52. The average Bonchev–Trinajstić information content (AvgIpc) is 2.82. The molecule has 0 amide bonds. The van der Waals surface area contributed by atoms with Gasteiger partial charge in [-0.25, -0.2) is 4.98 Å². The number of hydrogen-bond acceptors (Lipinski definition) is 2. The zero-order valence-electron chi connectivity index (χ0n) is 11.0. The number of hydrogen-bond donors (Lipinski definition) is 1. The Morgan fingerprint density at radius 1 is 1.30 bits per heavy atom. The highest BCUT2D eigenvalue weighted by Gasteiger charge is 2.32. The van der Waals surface area contributed by atoms with Crippen LogP contribution in [-0.4, -0.2) is 16.1 Å². The fraction of sp³-hybridized carbons (Fsp3) is 0.357. The molecule has 6 heteroatoms. The van der Waals surface area contributed by atoms with Crippen LogP contribution in [0.2, 0.25) is 0 Å². The number of nitrogens with zero attached hydrogens (tertiary/aromatic N) is 2. The number of rotatable bonds is 1. The summed E-state index contributed by atoms with van der Waals surface area (Å²) in [4.78, 5) is 4.27. The lowest BCUT2D eigenvalue weighted by Crippen LogP contribution is -2.24. The van der Waals surface area contributed by atoms with E-state index in [9.17, 15) is 13.2 Å². The third kappa shape index (κ3) is 2.20. The van der Waals surface area contributed by atoms with Crippen molar-refractivity contribution in [2.24, 2.45) is 0 Å². The summed E-state index contributed by atoms with van der Waals surface area (Å²) in [6.45, 7) is 2.96. The van der Waals surface area contributed by atoms with E-state index < -0.39 is 11.7 Å². The Labute approximate surface area is 114 Å². The zero-order valence-corrected chi connectivity index (χ0v) is 11.0. The maximum atomic E-state index is 13.0. The summed E-state index contributed by atoms with van der Waals surface area (Å²) in [5.41, 5.74) is 2.05. The molecule has 0 saturated carbocycles. The van der Waals surface area contributed by atoms with Gasteiger partial charge in [0.25, 0.3) is 0 Å². The van der Waals surface area contributed by atoms with Crippen LogP contribution in [0.3, 0.4) is 0 Å². The monoisotopic (exact) mass is 281 g/mol. The number of aromatic nitrogens is 2. The molecule has 2 heterocycles. The lowest BCUT2D eigenvalue weighted by atomic mass is 10.1. The van der Waals surface area contributed by atoms with Crippen LogP contribution in [0.15, 0.2) is 24.5 Å². The molecule has 0 fully saturated rings. The summed E-state index contributed by atoms with van der Waals surface area (Å²) in [6.07, 6.45) is -1.96. The molecule has 0 radical (unpaired) electrons. The predicted octanol–water partition coefficient (Wildman–Crippen LogP) is 2.85. The molecule has 1 aliphatic rings. The highest BCUT2D eigenvalue weighted by molar-refractivity contribution is 5.43. The highest BCUT2D eigenvalue weighted by atomic mass is 19.4. The minimum atomic E-state index is -4.33. The van der Waals surface area contributed by atoms with E-state index in [0.29, 0.717) is 12.2 Å². The van der Waals surface area contributed by atoms with Crippen molar-refractivity contribution in [3.63, 3.8) is 0 Å². The van der Waals surface area contributed by atoms with Gasteiger partial charge in [0.1, 0.15) is 0 Å². The lowest BCUT2D eigenvalue weighted by molar-refractivity contribution is -0.138. The van der Waals surface area contributed by atoms with Crippen LogP contribution in [0.25, 0.3) is 5.69 Å². The number of halogens is 3. The third-order valence-corrected chi connectivity index (χ3v) is 3.59. The second kappa shape index (κ2) is 4.63. The first kappa shape index (κ1) is 13.2. The van der Waals surface area contributed by atoms with Crippen LogP contribution in [0.5, 0.6) is 0 Å². The van der Waals surface area contributed by atoms with E-state index in [4.69, 9.17) is 0 Å². The van der Waals surface area contributed by atoms with Gasteiger partial charge in [0.05, 0.1) is 17.6 Å². The Kier molecular flexibility index (Phi) is 3.05. The molecular weight excluding hydrogens is 267 g/mol. The quantitative estimate of drug-likeness (QED) is 0.871. The second-order valence-electron chi connectivity index (χ2n) is 4.93. The minimum Gasteiger partial charge on any atom is -0.311 e. The molecule has 20 heavy (non-hydrogen) atoms. The minimum absolute atomic E-state index is 0.233. The van der Waals surface area contributed by atoms with Crippen LogP contribution < -0.4 is 5.32 Å². The molecule has 1 N–H and O–H groups in total. The molecule has 1 aliphatic heterocycles. The van der Waals surface area contributed by atoms with Gasteiger partial charge in [-0.05, 0) is 24.6 Å². The van der Waals surface area contributed by atoms with Crippen molar-refractivity contribution in [1.29, 1.82) is 0 Å². The van der Waals surface area contributed by atoms with Crippen molar-refractivity contribution in [3.05, 3.63) is 47.0 Å². The van der Waals surface area contributed by atoms with E-state index in [1.807, 2.05) is 0 Å². The molecule has 3 rings (SSSR count). The maximum Gasteiger partial charge on any atom is 0.416 e. The van der Waals surface area contributed by atoms with E-state index in [-0.39, 0.29) is 5.56 Å². The Bertz CT molecular complexity index is 644. The van der Waals surface area contributed by atoms with Crippen molar-refractivity contribution < 1.29 is 13.2 Å². The maximum absolute atomic E-state index is 13.0. The standard InChI is InChI=1S/C14H14F3N3/c1-9-2-3-10(6-11(9)14(15,16)17)20-8-19-12-7-18-5-4-13(12)20/h2-3,6,8,18H,4-5,7H2,1H3. The smallest absolute Gasteiger partial charge is 0.311 e. The predicted molar refractivity (Wildman–Crippen MR) is 68.7 cm³/mol. The summed E-state index contributed by atoms with van der Waals surface area (Å²) in [5.74, 6) is 0. The molecule has 0 saturated heterocycles. The van der Waals surface area contributed by atoms with Gasteiger partial charge in [0.15, 0.2) is 0 Å². The van der Waals surface area contributed by atoms with E-state index in [1.165, 1.54) is 19.1 Å². The van der Waals surface area contributed by atoms with Crippen LogP contribution in [0.1, 0.15) is 22.5 Å². The fourth-order valence-electron chi connectivity index (χ4n) is 2.52. The number of aryl methyl sites for hydroxylation is 1. The molecule has 0 bridgehead atoms. The van der Waals surface area contributed by atoms with Gasteiger partial charge in [-0.2, -0.15) is 13.2 Å². The van der Waals surface area contributed by atoms with E-state index in [0.717, 1.165) is 24.4 Å². The summed E-state index contributed by atoms with van der Waals surface area (Å²) in [5, 5.41) is 3.19. The van der Waals surface area contributed by atoms with Gasteiger partial charge in [0, 0.05) is 30.9 Å². The topological polar surface area (TPSA) is 29.9 Å². The first-order valence-corrected chi connectivity index (χ1v) is 6.41. The molecule has 3 nitrogen and oxygen atoms in total. The SMILES string of the molecule is Cc1ccc(-n2cnc3c2CCNC3)cc1C(F)(F)F. The Morgan fingerprint density at radius 2 is 2.10 bits per heavy atom. The van der Waals surface area contributed by atoms with Crippen molar-refractivity contribution >= 4 is 0 Å². The first-order valence-electron chi connectivity index (χ1n) is 6.41. The summed E-state index contributed by atoms with van der Waals surface area (Å²) >= 11 is 0. The molecule has 0 aliphatic carbocycles. The number of imidazole rings is 1.